The molecule has 2 N–H and O–H groups in total. The van der Waals surface area contributed by atoms with E-state index in [1.807, 2.05) is 18.2 Å². The van der Waals surface area contributed by atoms with Crippen LogP contribution in [0.15, 0.2) is 42.5 Å². The molecule has 5 heteroatoms. The zero-order chi connectivity index (χ0) is 13.2. The van der Waals surface area contributed by atoms with Crippen molar-refractivity contribution in [2.24, 2.45) is 5.73 Å². The Kier molecular flexibility index (Phi) is 3.25. The molecule has 0 aromatic heterocycles. The average molecular weight is 251 g/mol. The Morgan fingerprint density at radius 2 is 1.83 bits per heavy atom. The quantitative estimate of drug-likeness (QED) is 0.673. The van der Waals surface area contributed by atoms with Crippen molar-refractivity contribution in [3.8, 4) is 5.75 Å². The molecule has 0 radical (unpaired) electrons. The van der Waals surface area contributed by atoms with E-state index in [4.69, 9.17) is 5.73 Å². The van der Waals surface area contributed by atoms with E-state index in [1.54, 1.807) is 12.1 Å². The van der Waals surface area contributed by atoms with Crippen molar-refractivity contribution < 1.29 is 18.3 Å². The molecule has 0 saturated heterocycles. The zero-order valence-electron chi connectivity index (χ0n) is 9.40. The number of esters is 1. The van der Waals surface area contributed by atoms with E-state index in [1.165, 1.54) is 12.1 Å². The molecule has 0 saturated carbocycles. The van der Waals surface area contributed by atoms with Crippen LogP contribution >= 0.6 is 0 Å². The lowest BCUT2D eigenvalue weighted by atomic mass is 10.1. The first-order chi connectivity index (χ1) is 8.53. The average Bonchev–Trinajstić information content (AvgIpc) is 2.38. The highest BCUT2D eigenvalue weighted by Gasteiger charge is 2.39. The fourth-order valence-corrected chi connectivity index (χ4v) is 1.50. The molecule has 0 fully saturated rings. The van der Waals surface area contributed by atoms with Crippen molar-refractivity contribution in [2.45, 2.75) is 5.92 Å². The topological polar surface area (TPSA) is 52.3 Å². The minimum atomic E-state index is -3.66. The maximum Gasteiger partial charge on any atom is 0.383 e. The van der Waals surface area contributed by atoms with Crippen molar-refractivity contribution >= 4 is 16.7 Å². The molecule has 0 aliphatic carbocycles. The maximum absolute atomic E-state index is 12.9. The van der Waals surface area contributed by atoms with Gasteiger partial charge in [-0.25, -0.2) is 4.79 Å². The first-order valence-corrected chi connectivity index (χ1v) is 5.32. The summed E-state index contributed by atoms with van der Waals surface area (Å²) >= 11 is 0. The minimum Gasteiger partial charge on any atom is -0.422 e. The number of fused-ring (bicyclic) bond motifs is 1. The molecule has 2 rings (SSSR count). The van der Waals surface area contributed by atoms with Crippen LogP contribution in [0.3, 0.4) is 0 Å². The van der Waals surface area contributed by atoms with E-state index in [0.29, 0.717) is 0 Å². The second-order valence-corrected chi connectivity index (χ2v) is 3.81. The molecule has 18 heavy (non-hydrogen) atoms. The van der Waals surface area contributed by atoms with E-state index < -0.39 is 18.4 Å². The Labute approximate surface area is 102 Å². The predicted octanol–water partition coefficient (Wildman–Crippen LogP) is 2.34. The lowest BCUT2D eigenvalue weighted by molar-refractivity contribution is -0.159. The highest BCUT2D eigenvalue weighted by Crippen LogP contribution is 2.23. The molecular formula is C13H11F2NO2. The Bertz CT molecular complexity index is 584. The summed E-state index contributed by atoms with van der Waals surface area (Å²) in [7, 11) is 0. The number of ether oxygens (including phenoxy) is 1. The number of hydrogen-bond acceptors (Lipinski definition) is 3. The van der Waals surface area contributed by atoms with Crippen LogP contribution in [0.1, 0.15) is 0 Å². The van der Waals surface area contributed by atoms with Crippen LogP contribution in [0, 0.1) is 0 Å². The second kappa shape index (κ2) is 4.70. The van der Waals surface area contributed by atoms with Gasteiger partial charge in [-0.1, -0.05) is 30.3 Å². The number of hydrogen-bond donors (Lipinski definition) is 1. The number of alkyl halides is 2. The molecule has 0 bridgehead atoms. The van der Waals surface area contributed by atoms with Gasteiger partial charge in [-0.3, -0.25) is 0 Å². The molecule has 94 valence electrons. The molecule has 0 spiro atoms. The molecule has 0 aliphatic rings. The van der Waals surface area contributed by atoms with Gasteiger partial charge in [-0.2, -0.15) is 8.78 Å². The Morgan fingerprint density at radius 1 is 1.17 bits per heavy atom. The van der Waals surface area contributed by atoms with Gasteiger partial charge in [0.2, 0.25) is 0 Å². The van der Waals surface area contributed by atoms with Gasteiger partial charge < -0.3 is 10.5 Å². The fraction of sp³-hybridized carbons (Fsp3) is 0.154. The predicted molar refractivity (Wildman–Crippen MR) is 63.6 cm³/mol. The highest BCUT2D eigenvalue weighted by atomic mass is 19.3. The molecular weight excluding hydrogens is 240 g/mol. The molecule has 0 unspecified atom stereocenters. The molecule has 0 atom stereocenters. The van der Waals surface area contributed by atoms with Crippen LogP contribution in [0.25, 0.3) is 10.8 Å². The largest absolute Gasteiger partial charge is 0.422 e. The Morgan fingerprint density at radius 3 is 2.50 bits per heavy atom. The summed E-state index contributed by atoms with van der Waals surface area (Å²) in [6.07, 6.45) is 0. The number of carbonyl (C=O) groups excluding carboxylic acids is 1. The van der Waals surface area contributed by atoms with Crippen LogP contribution in [-0.4, -0.2) is 18.4 Å². The van der Waals surface area contributed by atoms with Gasteiger partial charge >= 0.3 is 11.9 Å². The normalized spacial score (nSPS) is 11.5. The van der Waals surface area contributed by atoms with Crippen molar-refractivity contribution in [1.29, 1.82) is 0 Å². The minimum absolute atomic E-state index is 0.0758. The van der Waals surface area contributed by atoms with Crippen LogP contribution in [0.4, 0.5) is 8.78 Å². The SMILES string of the molecule is NCC(F)(F)C(=O)Oc1ccc2ccccc2c1. The second-order valence-electron chi connectivity index (χ2n) is 3.81. The summed E-state index contributed by atoms with van der Waals surface area (Å²) in [5, 5.41) is 1.74. The van der Waals surface area contributed by atoms with Gasteiger partial charge in [0.25, 0.3) is 0 Å². The Hall–Kier alpha value is -2.01. The van der Waals surface area contributed by atoms with Crippen molar-refractivity contribution in [3.63, 3.8) is 0 Å². The third-order valence-electron chi connectivity index (χ3n) is 2.49. The standard InChI is InChI=1S/C13H11F2NO2/c14-13(15,8-16)12(17)18-11-6-5-9-3-1-2-4-10(9)7-11/h1-7H,8,16H2. The van der Waals surface area contributed by atoms with Crippen LogP contribution in [0.2, 0.25) is 0 Å². The highest BCUT2D eigenvalue weighted by molar-refractivity contribution is 5.85. The molecule has 3 nitrogen and oxygen atoms in total. The van der Waals surface area contributed by atoms with Crippen LogP contribution < -0.4 is 10.5 Å². The smallest absolute Gasteiger partial charge is 0.383 e. The molecule has 2 aromatic carbocycles. The lowest BCUT2D eigenvalue weighted by Gasteiger charge is -2.12. The first kappa shape index (κ1) is 12.4. The fourth-order valence-electron chi connectivity index (χ4n) is 1.50. The van der Waals surface area contributed by atoms with E-state index in [0.717, 1.165) is 10.8 Å². The number of carbonyl (C=O) groups is 1. The van der Waals surface area contributed by atoms with E-state index in [2.05, 4.69) is 4.74 Å². The van der Waals surface area contributed by atoms with E-state index in [9.17, 15) is 13.6 Å². The van der Waals surface area contributed by atoms with Gasteiger partial charge in [-0.15, -0.1) is 0 Å². The van der Waals surface area contributed by atoms with Crippen molar-refractivity contribution in [1.82, 2.24) is 0 Å². The molecule has 2 aromatic rings. The summed E-state index contributed by atoms with van der Waals surface area (Å²) < 4.78 is 30.5. The van der Waals surface area contributed by atoms with Gasteiger partial charge in [0.05, 0.1) is 6.54 Å². The summed E-state index contributed by atoms with van der Waals surface area (Å²) in [6.45, 7) is -1.07. The maximum atomic E-state index is 12.9. The van der Waals surface area contributed by atoms with Gasteiger partial charge in [0, 0.05) is 0 Å². The third kappa shape index (κ3) is 2.46. The summed E-state index contributed by atoms with van der Waals surface area (Å²) in [5.74, 6) is -5.22. The lowest BCUT2D eigenvalue weighted by Crippen LogP contribution is -2.40. The molecule has 0 heterocycles. The molecule has 0 amide bonds. The number of benzene rings is 2. The summed E-state index contributed by atoms with van der Waals surface area (Å²) in [5.41, 5.74) is 4.80. The van der Waals surface area contributed by atoms with Crippen LogP contribution in [-0.2, 0) is 4.79 Å². The number of nitrogens with two attached hydrogens (primary N) is 1. The van der Waals surface area contributed by atoms with Gasteiger partial charge in [0.1, 0.15) is 5.75 Å². The van der Waals surface area contributed by atoms with Crippen LogP contribution in [0.5, 0.6) is 5.75 Å². The van der Waals surface area contributed by atoms with E-state index in [-0.39, 0.29) is 5.75 Å². The summed E-state index contributed by atoms with van der Waals surface area (Å²) in [4.78, 5) is 11.1. The van der Waals surface area contributed by atoms with Crippen molar-refractivity contribution in [3.05, 3.63) is 42.5 Å². The zero-order valence-corrected chi connectivity index (χ0v) is 9.40. The number of halogens is 2. The van der Waals surface area contributed by atoms with Crippen molar-refractivity contribution in [2.75, 3.05) is 6.54 Å². The van der Waals surface area contributed by atoms with Gasteiger partial charge in [-0.05, 0) is 22.9 Å². The third-order valence-corrected chi connectivity index (χ3v) is 2.49. The first-order valence-electron chi connectivity index (χ1n) is 5.32. The Balaban J connectivity index is 2.25. The summed E-state index contributed by atoms with van der Waals surface area (Å²) in [6, 6.07) is 12.0. The van der Waals surface area contributed by atoms with E-state index >= 15 is 0 Å². The molecule has 0 aliphatic heterocycles. The van der Waals surface area contributed by atoms with Gasteiger partial charge in [0.15, 0.2) is 0 Å². The monoisotopic (exact) mass is 251 g/mol. The number of rotatable bonds is 3.